The van der Waals surface area contributed by atoms with Crippen molar-refractivity contribution in [3.05, 3.63) is 58.1 Å². The number of amides is 1. The molecular formula is C26H29BrN2O3S. The van der Waals surface area contributed by atoms with Crippen molar-refractivity contribution in [2.24, 2.45) is 5.41 Å². The van der Waals surface area contributed by atoms with Gasteiger partial charge in [-0.3, -0.25) is 4.79 Å². The van der Waals surface area contributed by atoms with Crippen molar-refractivity contribution < 1.29 is 13.2 Å². The highest BCUT2D eigenvalue weighted by Gasteiger charge is 2.53. The van der Waals surface area contributed by atoms with Gasteiger partial charge < -0.3 is 4.90 Å². The summed E-state index contributed by atoms with van der Waals surface area (Å²) in [7, 11) is -3.56. The van der Waals surface area contributed by atoms with E-state index in [0.717, 1.165) is 35.8 Å². The van der Waals surface area contributed by atoms with Crippen LogP contribution in [-0.2, 0) is 15.4 Å². The summed E-state index contributed by atoms with van der Waals surface area (Å²) in [4.78, 5) is 15.9. The lowest BCUT2D eigenvalue weighted by Crippen LogP contribution is -2.40. The van der Waals surface area contributed by atoms with E-state index in [1.54, 1.807) is 24.3 Å². The molecule has 174 valence electrons. The largest absolute Gasteiger partial charge is 0.307 e. The first-order valence-corrected chi connectivity index (χ1v) is 14.3. The molecule has 0 atom stereocenters. The lowest BCUT2D eigenvalue weighted by molar-refractivity contribution is 0.0980. The van der Waals surface area contributed by atoms with E-state index in [0.29, 0.717) is 30.6 Å². The number of halogens is 1. The molecule has 0 radical (unpaired) electrons. The Hall–Kier alpha value is -1.70. The van der Waals surface area contributed by atoms with Crippen LogP contribution in [0, 0.1) is 5.41 Å². The van der Waals surface area contributed by atoms with Gasteiger partial charge in [-0.05, 0) is 98.7 Å². The minimum absolute atomic E-state index is 0.00184. The molecule has 1 saturated heterocycles. The summed E-state index contributed by atoms with van der Waals surface area (Å²) in [6, 6.07) is 12.9. The number of carbonyl (C=O) groups excluding carboxylic acids is 1. The van der Waals surface area contributed by atoms with Crippen LogP contribution in [0.3, 0.4) is 0 Å². The molecule has 7 heteroatoms. The van der Waals surface area contributed by atoms with Gasteiger partial charge in [-0.1, -0.05) is 22.0 Å². The molecule has 6 rings (SSSR count). The lowest BCUT2D eigenvalue weighted by Gasteiger charge is -2.38. The lowest BCUT2D eigenvalue weighted by atomic mass is 9.66. The Morgan fingerprint density at radius 3 is 2.30 bits per heavy atom. The molecule has 2 aliphatic heterocycles. The number of sulfonamides is 1. The van der Waals surface area contributed by atoms with E-state index >= 15 is 0 Å². The zero-order valence-corrected chi connectivity index (χ0v) is 21.1. The second-order valence-electron chi connectivity index (χ2n) is 10.5. The van der Waals surface area contributed by atoms with E-state index < -0.39 is 10.0 Å². The van der Waals surface area contributed by atoms with E-state index in [1.165, 1.54) is 35.6 Å². The summed E-state index contributed by atoms with van der Waals surface area (Å²) in [5.41, 5.74) is 3.26. The van der Waals surface area contributed by atoms with Gasteiger partial charge in [0.1, 0.15) is 0 Å². The number of fused-ring (bicyclic) bond motifs is 2. The van der Waals surface area contributed by atoms with Crippen LogP contribution in [0.5, 0.6) is 0 Å². The van der Waals surface area contributed by atoms with Crippen molar-refractivity contribution in [1.82, 2.24) is 4.31 Å². The second-order valence-corrected chi connectivity index (χ2v) is 13.3. The molecule has 2 aromatic rings. The van der Waals surface area contributed by atoms with Gasteiger partial charge in [-0.2, -0.15) is 4.31 Å². The zero-order valence-electron chi connectivity index (χ0n) is 18.7. The van der Waals surface area contributed by atoms with Crippen LogP contribution in [0.2, 0.25) is 0 Å². The molecule has 0 bridgehead atoms. The Kier molecular flexibility index (Phi) is 5.06. The molecule has 2 aliphatic carbocycles. The van der Waals surface area contributed by atoms with Crippen molar-refractivity contribution in [2.45, 2.75) is 61.7 Å². The van der Waals surface area contributed by atoms with Crippen LogP contribution in [0.1, 0.15) is 67.3 Å². The van der Waals surface area contributed by atoms with Crippen molar-refractivity contribution in [3.8, 4) is 0 Å². The summed E-state index contributed by atoms with van der Waals surface area (Å²) in [5, 5.41) is 0. The molecule has 1 amide bonds. The molecular weight excluding hydrogens is 500 g/mol. The molecule has 33 heavy (non-hydrogen) atoms. The SMILES string of the molecule is O=C(c1cccc(S(=O)(=O)N2CCCC2)c1)N1CC2(CCC3(CC3)CC2)c2cc(Br)ccc21. The van der Waals surface area contributed by atoms with Crippen molar-refractivity contribution in [1.29, 1.82) is 0 Å². The fourth-order valence-electron chi connectivity index (χ4n) is 6.21. The van der Waals surface area contributed by atoms with Crippen molar-refractivity contribution in [3.63, 3.8) is 0 Å². The van der Waals surface area contributed by atoms with Gasteiger partial charge in [0.25, 0.3) is 5.91 Å². The van der Waals surface area contributed by atoms with Crippen LogP contribution in [0.15, 0.2) is 51.8 Å². The van der Waals surface area contributed by atoms with Crippen LogP contribution in [0.25, 0.3) is 0 Å². The number of nitrogens with zero attached hydrogens (tertiary/aromatic N) is 2. The monoisotopic (exact) mass is 528 g/mol. The van der Waals surface area contributed by atoms with Crippen LogP contribution in [-0.4, -0.2) is 38.3 Å². The van der Waals surface area contributed by atoms with Crippen LogP contribution >= 0.6 is 15.9 Å². The van der Waals surface area contributed by atoms with Gasteiger partial charge in [-0.25, -0.2) is 8.42 Å². The van der Waals surface area contributed by atoms with E-state index in [2.05, 4.69) is 22.0 Å². The number of benzene rings is 2. The third-order valence-corrected chi connectivity index (χ3v) is 10.9. The fraction of sp³-hybridized carbons (Fsp3) is 0.500. The number of hydrogen-bond donors (Lipinski definition) is 0. The van der Waals surface area contributed by atoms with E-state index in [9.17, 15) is 13.2 Å². The Morgan fingerprint density at radius 1 is 0.909 bits per heavy atom. The smallest absolute Gasteiger partial charge is 0.258 e. The Labute approximate surface area is 204 Å². The standard InChI is InChI=1S/C26H29BrN2O3S/c27-20-6-7-23-22(17-20)26(12-10-25(8-9-25)11-13-26)18-29(23)24(30)19-4-3-5-21(16-19)33(31,32)28-14-1-2-15-28/h3-7,16-17H,1-2,8-15,18H2. The second kappa shape index (κ2) is 7.65. The molecule has 4 aliphatic rings. The molecule has 2 aromatic carbocycles. The van der Waals surface area contributed by atoms with Crippen LogP contribution in [0.4, 0.5) is 5.69 Å². The van der Waals surface area contributed by atoms with Gasteiger partial charge in [0, 0.05) is 40.8 Å². The van der Waals surface area contributed by atoms with Gasteiger partial charge in [0.05, 0.1) is 4.90 Å². The minimum atomic E-state index is -3.56. The third kappa shape index (κ3) is 3.58. The topological polar surface area (TPSA) is 57.7 Å². The predicted octanol–water partition coefficient (Wildman–Crippen LogP) is 5.49. The maximum Gasteiger partial charge on any atom is 0.258 e. The van der Waals surface area contributed by atoms with Crippen molar-refractivity contribution in [2.75, 3.05) is 24.5 Å². The minimum Gasteiger partial charge on any atom is -0.307 e. The maximum absolute atomic E-state index is 13.8. The number of hydrogen-bond acceptors (Lipinski definition) is 3. The first-order chi connectivity index (χ1) is 15.8. The predicted molar refractivity (Wildman–Crippen MR) is 132 cm³/mol. The normalized spacial score (nSPS) is 23.2. The first-order valence-electron chi connectivity index (χ1n) is 12.0. The summed E-state index contributed by atoms with van der Waals surface area (Å²) >= 11 is 3.64. The highest BCUT2D eigenvalue weighted by molar-refractivity contribution is 9.10. The molecule has 2 spiro atoms. The van der Waals surface area contributed by atoms with Gasteiger partial charge >= 0.3 is 0 Å². The van der Waals surface area contributed by atoms with Crippen molar-refractivity contribution >= 4 is 37.5 Å². The summed E-state index contributed by atoms with van der Waals surface area (Å²) in [6.45, 7) is 1.79. The van der Waals surface area contributed by atoms with Gasteiger partial charge in [0.2, 0.25) is 10.0 Å². The average molecular weight is 530 g/mol. The summed E-state index contributed by atoms with van der Waals surface area (Å²) in [6.07, 6.45) is 9.20. The quantitative estimate of drug-likeness (QED) is 0.529. The fourth-order valence-corrected chi connectivity index (χ4v) is 8.13. The Morgan fingerprint density at radius 2 is 1.61 bits per heavy atom. The molecule has 0 aromatic heterocycles. The van der Waals surface area contributed by atoms with E-state index in [-0.39, 0.29) is 16.2 Å². The Bertz CT molecular complexity index is 1220. The maximum atomic E-state index is 13.8. The highest BCUT2D eigenvalue weighted by atomic mass is 79.9. The number of carbonyl (C=O) groups is 1. The first kappa shape index (κ1) is 21.8. The number of rotatable bonds is 3. The van der Waals surface area contributed by atoms with Gasteiger partial charge in [0.15, 0.2) is 0 Å². The zero-order chi connectivity index (χ0) is 22.8. The van der Waals surface area contributed by atoms with Crippen LogP contribution < -0.4 is 4.90 Å². The number of anilines is 1. The van der Waals surface area contributed by atoms with Gasteiger partial charge in [-0.15, -0.1) is 0 Å². The van der Waals surface area contributed by atoms with E-state index in [1.807, 2.05) is 17.0 Å². The third-order valence-electron chi connectivity index (χ3n) is 8.54. The molecule has 2 heterocycles. The molecule has 0 unspecified atom stereocenters. The molecule has 2 saturated carbocycles. The summed E-state index contributed by atoms with van der Waals surface area (Å²) in [5.74, 6) is -0.111. The average Bonchev–Trinajstić information content (AvgIpc) is 3.22. The molecule has 3 fully saturated rings. The highest BCUT2D eigenvalue weighted by Crippen LogP contribution is 2.62. The van der Waals surface area contributed by atoms with E-state index in [4.69, 9.17) is 0 Å². The Balaban J connectivity index is 1.33. The summed E-state index contributed by atoms with van der Waals surface area (Å²) < 4.78 is 28.7. The molecule has 5 nitrogen and oxygen atoms in total. The molecule has 0 N–H and O–H groups in total.